The van der Waals surface area contributed by atoms with Gasteiger partial charge in [0, 0.05) is 25.4 Å². The van der Waals surface area contributed by atoms with Crippen LogP contribution < -0.4 is 5.32 Å². The van der Waals surface area contributed by atoms with Crippen molar-refractivity contribution < 1.29 is 0 Å². The minimum absolute atomic E-state index is 0.697. The molecular weight excluding hydrogens is 180 g/mol. The summed E-state index contributed by atoms with van der Waals surface area (Å²) in [5, 5.41) is 3.22. The van der Waals surface area contributed by atoms with Crippen molar-refractivity contribution in [3.63, 3.8) is 0 Å². The highest BCUT2D eigenvalue weighted by atomic mass is 32.2. The lowest BCUT2D eigenvalue weighted by atomic mass is 10.4. The number of nitrogens with one attached hydrogen (secondary N) is 1. The second-order valence-electron chi connectivity index (χ2n) is 3.19. The molecule has 0 aromatic rings. The molecule has 1 fully saturated rings. The summed E-state index contributed by atoms with van der Waals surface area (Å²) in [6.45, 7) is 5.35. The van der Waals surface area contributed by atoms with E-state index in [1.807, 2.05) is 0 Å². The predicted octanol–water partition coefficient (Wildman–Crippen LogP) is 0.648. The lowest BCUT2D eigenvalue weighted by Crippen LogP contribution is -2.33. The van der Waals surface area contributed by atoms with Gasteiger partial charge in [0.1, 0.15) is 0 Å². The third kappa shape index (κ3) is 5.20. The summed E-state index contributed by atoms with van der Waals surface area (Å²) >= 11 is 2.07. The first-order valence-electron chi connectivity index (χ1n) is 4.88. The van der Waals surface area contributed by atoms with Crippen molar-refractivity contribution in [3.8, 4) is 12.3 Å². The average Bonchev–Trinajstić information content (AvgIpc) is 2.41. The summed E-state index contributed by atoms with van der Waals surface area (Å²) in [5.41, 5.74) is 0. The zero-order valence-corrected chi connectivity index (χ0v) is 8.91. The van der Waals surface area contributed by atoms with Crippen molar-refractivity contribution >= 4 is 11.8 Å². The first kappa shape index (κ1) is 10.9. The third-order valence-electron chi connectivity index (χ3n) is 2.15. The molecule has 0 spiro atoms. The first-order chi connectivity index (χ1) is 6.43. The molecule has 1 rings (SSSR count). The smallest absolute Gasteiger partial charge is 0.0574 e. The molecule has 0 aromatic heterocycles. The highest BCUT2D eigenvalue weighted by molar-refractivity contribution is 7.99. The van der Waals surface area contributed by atoms with E-state index in [0.717, 1.165) is 13.1 Å². The molecule has 0 atom stereocenters. The summed E-state index contributed by atoms with van der Waals surface area (Å²) in [6, 6.07) is 0. The molecule has 0 aliphatic carbocycles. The van der Waals surface area contributed by atoms with Gasteiger partial charge in [-0.1, -0.05) is 5.92 Å². The van der Waals surface area contributed by atoms with Crippen LogP contribution in [0, 0.1) is 12.3 Å². The number of nitrogens with zero attached hydrogens (tertiary/aromatic N) is 1. The Morgan fingerprint density at radius 1 is 1.38 bits per heavy atom. The maximum atomic E-state index is 5.14. The van der Waals surface area contributed by atoms with Gasteiger partial charge in [0.15, 0.2) is 0 Å². The Balaban J connectivity index is 2.02. The van der Waals surface area contributed by atoms with Gasteiger partial charge in [-0.15, -0.1) is 6.42 Å². The second-order valence-corrected chi connectivity index (χ2v) is 4.41. The van der Waals surface area contributed by atoms with E-state index in [-0.39, 0.29) is 0 Å². The van der Waals surface area contributed by atoms with Gasteiger partial charge < -0.3 is 10.2 Å². The van der Waals surface area contributed by atoms with Crippen LogP contribution in [0.5, 0.6) is 0 Å². The molecule has 13 heavy (non-hydrogen) atoms. The van der Waals surface area contributed by atoms with E-state index < -0.39 is 0 Å². The Morgan fingerprint density at radius 3 is 3.15 bits per heavy atom. The summed E-state index contributed by atoms with van der Waals surface area (Å²) in [4.78, 5) is 2.52. The van der Waals surface area contributed by atoms with Crippen molar-refractivity contribution in [3.05, 3.63) is 0 Å². The van der Waals surface area contributed by atoms with Crippen molar-refractivity contribution in [1.82, 2.24) is 10.2 Å². The van der Waals surface area contributed by atoms with Crippen LogP contribution >= 0.6 is 11.8 Å². The Kier molecular flexibility index (Phi) is 6.09. The lowest BCUT2D eigenvalue weighted by molar-refractivity contribution is 0.296. The van der Waals surface area contributed by atoms with Crippen LogP contribution in [0.4, 0.5) is 0 Å². The molecule has 1 N–H and O–H groups in total. The number of hydrogen-bond acceptors (Lipinski definition) is 3. The highest BCUT2D eigenvalue weighted by Gasteiger charge is 2.07. The normalized spacial score (nSPS) is 19.3. The summed E-state index contributed by atoms with van der Waals surface area (Å²) < 4.78 is 0. The van der Waals surface area contributed by atoms with Gasteiger partial charge >= 0.3 is 0 Å². The van der Waals surface area contributed by atoms with E-state index in [2.05, 4.69) is 27.9 Å². The van der Waals surface area contributed by atoms with E-state index in [1.54, 1.807) is 0 Å². The molecule has 0 saturated carbocycles. The SMILES string of the molecule is C#CCNCCN1CCCSCC1. The van der Waals surface area contributed by atoms with E-state index in [0.29, 0.717) is 6.54 Å². The Bertz CT molecular complexity index is 157. The highest BCUT2D eigenvalue weighted by Crippen LogP contribution is 2.08. The molecule has 1 aliphatic rings. The molecule has 2 nitrogen and oxygen atoms in total. The van der Waals surface area contributed by atoms with Gasteiger partial charge in [-0.2, -0.15) is 11.8 Å². The first-order valence-corrected chi connectivity index (χ1v) is 6.03. The molecule has 0 unspecified atom stereocenters. The van der Waals surface area contributed by atoms with Crippen LogP contribution in [0.2, 0.25) is 0 Å². The summed E-state index contributed by atoms with van der Waals surface area (Å²) in [7, 11) is 0. The monoisotopic (exact) mass is 198 g/mol. The zero-order valence-electron chi connectivity index (χ0n) is 8.09. The number of rotatable bonds is 4. The Hall–Kier alpha value is -0.170. The molecule has 0 bridgehead atoms. The molecule has 1 heterocycles. The topological polar surface area (TPSA) is 15.3 Å². The van der Waals surface area contributed by atoms with Crippen LogP contribution in [0.3, 0.4) is 0 Å². The minimum Gasteiger partial charge on any atom is -0.305 e. The molecule has 1 saturated heterocycles. The maximum Gasteiger partial charge on any atom is 0.0574 e. The zero-order chi connectivity index (χ0) is 9.36. The fraction of sp³-hybridized carbons (Fsp3) is 0.800. The van der Waals surface area contributed by atoms with Gasteiger partial charge in [0.25, 0.3) is 0 Å². The van der Waals surface area contributed by atoms with Gasteiger partial charge in [0.2, 0.25) is 0 Å². The molecule has 1 aliphatic heterocycles. The molecule has 0 amide bonds. The van der Waals surface area contributed by atoms with Crippen molar-refractivity contribution in [1.29, 1.82) is 0 Å². The molecule has 3 heteroatoms. The standard InChI is InChI=1S/C10H18N2S/c1-2-4-11-5-7-12-6-3-9-13-10-8-12/h1,11H,3-10H2. The third-order valence-corrected chi connectivity index (χ3v) is 3.20. The average molecular weight is 198 g/mol. The second kappa shape index (κ2) is 7.25. The Labute approximate surface area is 85.4 Å². The lowest BCUT2D eigenvalue weighted by Gasteiger charge is -2.18. The van der Waals surface area contributed by atoms with E-state index in [9.17, 15) is 0 Å². The largest absolute Gasteiger partial charge is 0.305 e. The van der Waals surface area contributed by atoms with E-state index in [1.165, 1.54) is 31.0 Å². The maximum absolute atomic E-state index is 5.14. The number of hydrogen-bond donors (Lipinski definition) is 1. The molecule has 0 radical (unpaired) electrons. The van der Waals surface area contributed by atoms with E-state index >= 15 is 0 Å². The summed E-state index contributed by atoms with van der Waals surface area (Å²) in [5.74, 6) is 5.20. The van der Waals surface area contributed by atoms with Gasteiger partial charge in [-0.3, -0.25) is 0 Å². The summed E-state index contributed by atoms with van der Waals surface area (Å²) in [6.07, 6.45) is 6.48. The van der Waals surface area contributed by atoms with Gasteiger partial charge in [-0.25, -0.2) is 0 Å². The number of terminal acetylenes is 1. The van der Waals surface area contributed by atoms with E-state index in [4.69, 9.17) is 6.42 Å². The van der Waals surface area contributed by atoms with Gasteiger partial charge in [0.05, 0.1) is 6.54 Å². The van der Waals surface area contributed by atoms with Crippen molar-refractivity contribution in [2.75, 3.05) is 44.2 Å². The van der Waals surface area contributed by atoms with Gasteiger partial charge in [-0.05, 0) is 18.7 Å². The van der Waals surface area contributed by atoms with Crippen LogP contribution in [0.1, 0.15) is 6.42 Å². The van der Waals surface area contributed by atoms with Crippen LogP contribution in [0.15, 0.2) is 0 Å². The fourth-order valence-corrected chi connectivity index (χ4v) is 2.34. The Morgan fingerprint density at radius 2 is 2.31 bits per heavy atom. The van der Waals surface area contributed by atoms with Crippen LogP contribution in [0.25, 0.3) is 0 Å². The molecular formula is C10H18N2S. The van der Waals surface area contributed by atoms with Crippen LogP contribution in [-0.2, 0) is 0 Å². The number of thioether (sulfide) groups is 1. The van der Waals surface area contributed by atoms with Crippen LogP contribution in [-0.4, -0.2) is 49.1 Å². The predicted molar refractivity (Wildman–Crippen MR) is 60.1 cm³/mol. The van der Waals surface area contributed by atoms with Crippen molar-refractivity contribution in [2.24, 2.45) is 0 Å². The van der Waals surface area contributed by atoms with Crippen molar-refractivity contribution in [2.45, 2.75) is 6.42 Å². The quantitative estimate of drug-likeness (QED) is 0.527. The molecule has 0 aromatic carbocycles. The fourth-order valence-electron chi connectivity index (χ4n) is 1.42. The minimum atomic E-state index is 0.697. The molecule has 74 valence electrons.